The lowest BCUT2D eigenvalue weighted by molar-refractivity contribution is 0.0480. The summed E-state index contributed by atoms with van der Waals surface area (Å²) in [6, 6.07) is 0. The molecule has 1 rings (SSSR count). The Balaban J connectivity index is 3.31. The van der Waals surface area contributed by atoms with Crippen LogP contribution in [0.5, 0.6) is 5.95 Å². The topological polar surface area (TPSA) is 75.0 Å². The third-order valence-corrected chi connectivity index (χ3v) is 2.79. The number of unbranched alkanes of at least 4 members (excludes halogenated alkanes) is 1. The minimum atomic E-state index is -0.605. The molecule has 6 nitrogen and oxygen atoms in total. The van der Waals surface area contributed by atoms with Gasteiger partial charge in [0.05, 0.1) is 20.8 Å². The van der Waals surface area contributed by atoms with Gasteiger partial charge in [0, 0.05) is 5.56 Å². The van der Waals surface area contributed by atoms with E-state index in [1.165, 1.54) is 14.2 Å². The fraction of sp³-hybridized carbons (Fsp3) is 0.571. The second-order valence-corrected chi connectivity index (χ2v) is 4.09. The van der Waals surface area contributed by atoms with Gasteiger partial charge in [-0.15, -0.1) is 0 Å². The van der Waals surface area contributed by atoms with E-state index >= 15 is 0 Å². The van der Waals surface area contributed by atoms with E-state index in [0.29, 0.717) is 12.0 Å². The van der Waals surface area contributed by atoms with Crippen LogP contribution < -0.4 is 4.74 Å². The lowest BCUT2D eigenvalue weighted by Crippen LogP contribution is -2.10. The van der Waals surface area contributed by atoms with Crippen LogP contribution >= 0.6 is 0 Å². The number of furan rings is 1. The molecule has 20 heavy (non-hydrogen) atoms. The molecule has 6 heteroatoms. The number of carbonyl (C=O) groups excluding carboxylic acids is 2. The average Bonchev–Trinajstić information content (AvgIpc) is 2.83. The monoisotopic (exact) mass is 284 g/mol. The zero-order chi connectivity index (χ0) is 15.1. The largest absolute Gasteiger partial charge is 0.468 e. The van der Waals surface area contributed by atoms with E-state index in [1.54, 1.807) is 6.92 Å². The van der Waals surface area contributed by atoms with Crippen LogP contribution in [0.15, 0.2) is 4.42 Å². The minimum absolute atomic E-state index is 0.0116. The molecular formula is C14H20O6. The van der Waals surface area contributed by atoms with Crippen LogP contribution in [0.4, 0.5) is 0 Å². The summed E-state index contributed by atoms with van der Waals surface area (Å²) < 4.78 is 20.0. The van der Waals surface area contributed by atoms with Crippen molar-refractivity contribution in [1.29, 1.82) is 0 Å². The first-order chi connectivity index (χ1) is 9.60. The van der Waals surface area contributed by atoms with Gasteiger partial charge in [0.25, 0.3) is 5.95 Å². The fourth-order valence-electron chi connectivity index (χ4n) is 1.85. The van der Waals surface area contributed by atoms with E-state index in [0.717, 1.165) is 12.8 Å². The number of carbonyl (C=O) groups is 2. The molecule has 0 aliphatic rings. The Morgan fingerprint density at radius 1 is 1.15 bits per heavy atom. The van der Waals surface area contributed by atoms with Crippen molar-refractivity contribution in [1.82, 2.24) is 0 Å². The Morgan fingerprint density at radius 3 is 2.35 bits per heavy atom. The highest BCUT2D eigenvalue weighted by atomic mass is 16.6. The third-order valence-electron chi connectivity index (χ3n) is 2.79. The summed E-state index contributed by atoms with van der Waals surface area (Å²) in [6.45, 7) is 3.94. The van der Waals surface area contributed by atoms with Crippen LogP contribution in [0.3, 0.4) is 0 Å². The normalized spacial score (nSPS) is 10.2. The van der Waals surface area contributed by atoms with E-state index in [4.69, 9.17) is 18.6 Å². The van der Waals surface area contributed by atoms with Gasteiger partial charge in [0.1, 0.15) is 5.56 Å². The number of methoxy groups -OCH3 is 2. The molecule has 1 aromatic rings. The van der Waals surface area contributed by atoms with Crippen molar-refractivity contribution < 1.29 is 28.2 Å². The molecule has 0 spiro atoms. The maximum atomic E-state index is 11.9. The van der Waals surface area contributed by atoms with Crippen LogP contribution in [0, 0.1) is 0 Å². The van der Waals surface area contributed by atoms with E-state index < -0.39 is 11.9 Å². The third kappa shape index (κ3) is 3.31. The van der Waals surface area contributed by atoms with Crippen LogP contribution in [0.25, 0.3) is 0 Å². The number of ether oxygens (including phenoxy) is 3. The molecule has 0 bridgehead atoms. The van der Waals surface area contributed by atoms with Gasteiger partial charge in [0.15, 0.2) is 0 Å². The highest BCUT2D eigenvalue weighted by Gasteiger charge is 2.30. The zero-order valence-electron chi connectivity index (χ0n) is 12.3. The summed E-state index contributed by atoms with van der Waals surface area (Å²) in [5, 5.41) is 0. The maximum Gasteiger partial charge on any atom is 0.374 e. The van der Waals surface area contributed by atoms with E-state index in [2.05, 4.69) is 0 Å². The smallest absolute Gasteiger partial charge is 0.374 e. The van der Waals surface area contributed by atoms with Gasteiger partial charge in [-0.05, 0) is 19.8 Å². The molecule has 112 valence electrons. The SMILES string of the molecule is CCCCc1c(C(=O)OCC)oc(OC)c1C(=O)OC. The van der Waals surface area contributed by atoms with Gasteiger partial charge in [-0.1, -0.05) is 13.3 Å². The predicted molar refractivity (Wildman–Crippen MR) is 71.2 cm³/mol. The second kappa shape index (κ2) is 7.57. The molecule has 1 heterocycles. The van der Waals surface area contributed by atoms with E-state index in [-0.39, 0.29) is 23.9 Å². The van der Waals surface area contributed by atoms with E-state index in [9.17, 15) is 9.59 Å². The Kier molecular flexibility index (Phi) is 6.09. The Morgan fingerprint density at radius 2 is 1.85 bits per heavy atom. The lowest BCUT2D eigenvalue weighted by Gasteiger charge is -2.04. The Hall–Kier alpha value is -1.98. The summed E-state index contributed by atoms with van der Waals surface area (Å²) in [6.07, 6.45) is 2.23. The van der Waals surface area contributed by atoms with Gasteiger partial charge < -0.3 is 18.6 Å². The number of hydrogen-bond acceptors (Lipinski definition) is 6. The van der Waals surface area contributed by atoms with Crippen molar-refractivity contribution in [2.45, 2.75) is 33.1 Å². The number of esters is 2. The summed E-state index contributed by atoms with van der Waals surface area (Å²) in [4.78, 5) is 23.8. The zero-order valence-corrected chi connectivity index (χ0v) is 12.3. The minimum Gasteiger partial charge on any atom is -0.468 e. The summed E-state index contributed by atoms with van der Waals surface area (Å²) in [5.41, 5.74) is 0.639. The van der Waals surface area contributed by atoms with E-state index in [1.807, 2.05) is 6.92 Å². The highest BCUT2D eigenvalue weighted by Crippen LogP contribution is 2.32. The second-order valence-electron chi connectivity index (χ2n) is 4.09. The first-order valence-corrected chi connectivity index (χ1v) is 6.55. The molecule has 0 unspecified atom stereocenters. The van der Waals surface area contributed by atoms with Crippen molar-refractivity contribution in [3.63, 3.8) is 0 Å². The molecule has 0 saturated carbocycles. The molecule has 0 N–H and O–H groups in total. The standard InChI is InChI=1S/C14H20O6/c1-5-7-8-9-10(12(15)17-3)14(18-4)20-11(9)13(16)19-6-2/h5-8H2,1-4H3. The molecule has 0 amide bonds. The molecule has 0 aliphatic carbocycles. The number of hydrogen-bond donors (Lipinski definition) is 0. The van der Waals surface area contributed by atoms with Gasteiger partial charge in [-0.2, -0.15) is 0 Å². The summed E-state index contributed by atoms with van der Waals surface area (Å²) >= 11 is 0. The lowest BCUT2D eigenvalue weighted by atomic mass is 10.0. The van der Waals surface area contributed by atoms with Crippen LogP contribution in [0.2, 0.25) is 0 Å². The van der Waals surface area contributed by atoms with Crippen molar-refractivity contribution in [2.24, 2.45) is 0 Å². The molecule has 1 aromatic heterocycles. The summed E-state index contributed by atoms with van der Waals surface area (Å²) in [7, 11) is 2.63. The average molecular weight is 284 g/mol. The van der Waals surface area contributed by atoms with Crippen molar-refractivity contribution >= 4 is 11.9 Å². The van der Waals surface area contributed by atoms with Gasteiger partial charge in [-0.3, -0.25) is 0 Å². The molecular weight excluding hydrogens is 264 g/mol. The molecule has 0 radical (unpaired) electrons. The van der Waals surface area contributed by atoms with Crippen molar-refractivity contribution in [2.75, 3.05) is 20.8 Å². The molecule has 0 aromatic carbocycles. The van der Waals surface area contributed by atoms with Gasteiger partial charge >= 0.3 is 11.9 Å². The highest BCUT2D eigenvalue weighted by molar-refractivity contribution is 5.98. The van der Waals surface area contributed by atoms with Gasteiger partial charge in [-0.25, -0.2) is 9.59 Å². The van der Waals surface area contributed by atoms with Crippen molar-refractivity contribution in [3.8, 4) is 5.95 Å². The van der Waals surface area contributed by atoms with Crippen LogP contribution in [-0.2, 0) is 15.9 Å². The maximum absolute atomic E-state index is 11.9. The first kappa shape index (κ1) is 16.1. The Labute approximate surface area is 118 Å². The fourth-order valence-corrected chi connectivity index (χ4v) is 1.85. The van der Waals surface area contributed by atoms with Crippen LogP contribution in [0.1, 0.15) is 53.2 Å². The van der Waals surface area contributed by atoms with Crippen LogP contribution in [-0.4, -0.2) is 32.8 Å². The molecule has 0 atom stereocenters. The number of rotatable bonds is 7. The van der Waals surface area contributed by atoms with Crippen molar-refractivity contribution in [3.05, 3.63) is 16.9 Å². The summed E-state index contributed by atoms with van der Waals surface area (Å²) in [5.74, 6) is -1.21. The first-order valence-electron chi connectivity index (χ1n) is 6.55. The predicted octanol–water partition coefficient (Wildman–Crippen LogP) is 2.59. The molecule has 0 fully saturated rings. The Bertz CT molecular complexity index is 474. The molecule has 0 aliphatic heterocycles. The molecule has 0 saturated heterocycles. The quantitative estimate of drug-likeness (QED) is 0.716. The van der Waals surface area contributed by atoms with Gasteiger partial charge in [0.2, 0.25) is 5.76 Å².